The van der Waals surface area contributed by atoms with E-state index in [1.807, 2.05) is 0 Å². The van der Waals surface area contributed by atoms with Crippen LogP contribution in [0.4, 0.5) is 0 Å². The molecule has 0 amide bonds. The standard InChI is InChI=1S/C106H67N5/c1-4-25-68(26-5-1)75-61-76(69-27-6-2-7-28-69)63-77(62-75)71-47-49-81(50-48-71)108-94-43-20-14-37-88(94)103-98(108)55-56-100-105(103)90-39-16-22-45-96(90)110(100)84-65-78(70-29-8-3-9-30-70)64-79(66-84)72-32-24-33-73(59-72)80-60-74-31-10-11-34-85(74)102(67-80)111-97-46-23-17-40-91(97)106-101(111)58-57-99-104(106)89-38-15-21-44-95(89)109(99)83-53-51-82(52-54-83)107-92-41-18-12-35-86(92)87-36-13-19-42-93(87)107/h1-67H. The lowest BCUT2D eigenvalue weighted by atomic mass is 9.93. The normalized spacial score (nSPS) is 12.0. The minimum atomic E-state index is 1.10. The fourth-order valence-corrected chi connectivity index (χ4v) is 18.5. The van der Waals surface area contributed by atoms with Crippen molar-refractivity contribution < 1.29 is 0 Å². The van der Waals surface area contributed by atoms with Crippen LogP contribution in [-0.4, -0.2) is 22.8 Å². The van der Waals surface area contributed by atoms with E-state index in [-0.39, 0.29) is 0 Å². The second-order valence-electron chi connectivity index (χ2n) is 29.5. The molecule has 0 fully saturated rings. The molecule has 5 nitrogen and oxygen atoms in total. The first-order valence-corrected chi connectivity index (χ1v) is 38.3. The molecule has 0 bridgehead atoms. The molecule has 5 aromatic heterocycles. The molecular weight excluding hydrogens is 1340 g/mol. The van der Waals surface area contributed by atoms with E-state index in [1.165, 1.54) is 126 Å². The largest absolute Gasteiger partial charge is 0.309 e. The third kappa shape index (κ3) is 9.82. The molecule has 0 radical (unpaired) electrons. The summed E-state index contributed by atoms with van der Waals surface area (Å²) in [7, 11) is 0. The van der Waals surface area contributed by atoms with Gasteiger partial charge in [0, 0.05) is 82.0 Å². The van der Waals surface area contributed by atoms with Gasteiger partial charge in [0.25, 0.3) is 0 Å². The summed E-state index contributed by atoms with van der Waals surface area (Å²) in [6.45, 7) is 0. The zero-order chi connectivity index (χ0) is 72.8. The third-order valence-electron chi connectivity index (χ3n) is 23.4. The van der Waals surface area contributed by atoms with E-state index in [1.54, 1.807) is 0 Å². The summed E-state index contributed by atoms with van der Waals surface area (Å²) >= 11 is 0. The van der Waals surface area contributed by atoms with Crippen molar-refractivity contribution in [3.8, 4) is 95.2 Å². The van der Waals surface area contributed by atoms with Crippen molar-refractivity contribution >= 4 is 120 Å². The van der Waals surface area contributed by atoms with Gasteiger partial charge in [-0.2, -0.15) is 0 Å². The Morgan fingerprint density at radius 1 is 0.126 bits per heavy atom. The fraction of sp³-hybridized carbons (Fsp3) is 0. The molecule has 0 unspecified atom stereocenters. The van der Waals surface area contributed by atoms with Gasteiger partial charge in [0.05, 0.1) is 60.9 Å². The van der Waals surface area contributed by atoms with E-state index < -0.39 is 0 Å². The molecular formula is C106H67N5. The van der Waals surface area contributed by atoms with Gasteiger partial charge in [0.1, 0.15) is 0 Å². The van der Waals surface area contributed by atoms with Gasteiger partial charge in [-0.25, -0.2) is 0 Å². The van der Waals surface area contributed by atoms with E-state index in [0.29, 0.717) is 0 Å². The molecule has 111 heavy (non-hydrogen) atoms. The molecule has 0 saturated carbocycles. The van der Waals surface area contributed by atoms with Crippen molar-refractivity contribution in [2.24, 2.45) is 0 Å². The van der Waals surface area contributed by atoms with Crippen LogP contribution in [0.3, 0.4) is 0 Å². The van der Waals surface area contributed by atoms with Gasteiger partial charge in [-0.05, 0) is 224 Å². The van der Waals surface area contributed by atoms with Crippen LogP contribution in [0.1, 0.15) is 0 Å². The Kier molecular flexibility index (Phi) is 14.0. The molecule has 0 aliphatic carbocycles. The van der Waals surface area contributed by atoms with Crippen LogP contribution in [-0.2, 0) is 0 Å². The summed E-state index contributed by atoms with van der Waals surface area (Å²) in [6, 6.07) is 151. The lowest BCUT2D eigenvalue weighted by molar-refractivity contribution is 1.14. The Labute approximate surface area is 640 Å². The van der Waals surface area contributed by atoms with Gasteiger partial charge < -0.3 is 22.8 Å². The number of aromatic nitrogens is 5. The number of fused-ring (bicyclic) bond motifs is 18. The van der Waals surface area contributed by atoms with E-state index in [2.05, 4.69) is 429 Å². The smallest absolute Gasteiger partial charge is 0.0549 e. The number of hydrogen-bond donors (Lipinski definition) is 0. The molecule has 5 heterocycles. The van der Waals surface area contributed by atoms with Crippen LogP contribution >= 0.6 is 0 Å². The van der Waals surface area contributed by atoms with Gasteiger partial charge in [0.15, 0.2) is 0 Å². The first-order chi connectivity index (χ1) is 55.1. The number of para-hydroxylation sites is 6. The summed E-state index contributed by atoms with van der Waals surface area (Å²) in [5.74, 6) is 0. The molecule has 0 aliphatic heterocycles. The first-order valence-electron chi connectivity index (χ1n) is 38.3. The van der Waals surface area contributed by atoms with Crippen molar-refractivity contribution in [1.29, 1.82) is 0 Å². The zero-order valence-corrected chi connectivity index (χ0v) is 60.4. The minimum Gasteiger partial charge on any atom is -0.309 e. The minimum absolute atomic E-state index is 1.10. The summed E-state index contributed by atoms with van der Waals surface area (Å²) in [6.07, 6.45) is 0. The zero-order valence-electron chi connectivity index (χ0n) is 60.4. The molecule has 0 spiro atoms. The highest BCUT2D eigenvalue weighted by atomic mass is 15.0. The quantitative estimate of drug-likeness (QED) is 0.123. The van der Waals surface area contributed by atoms with Crippen LogP contribution in [0.25, 0.3) is 215 Å². The lowest BCUT2D eigenvalue weighted by Crippen LogP contribution is -1.98. The highest BCUT2D eigenvalue weighted by Crippen LogP contribution is 2.48. The van der Waals surface area contributed by atoms with Crippen LogP contribution in [0.15, 0.2) is 406 Å². The van der Waals surface area contributed by atoms with Crippen molar-refractivity contribution in [3.05, 3.63) is 406 Å². The summed E-state index contributed by atoms with van der Waals surface area (Å²) in [5.41, 5.74) is 31.3. The molecule has 23 aromatic rings. The predicted molar refractivity (Wildman–Crippen MR) is 468 cm³/mol. The van der Waals surface area contributed by atoms with E-state index in [4.69, 9.17) is 0 Å². The highest BCUT2D eigenvalue weighted by molar-refractivity contribution is 6.31. The van der Waals surface area contributed by atoms with Crippen molar-refractivity contribution in [1.82, 2.24) is 22.8 Å². The Balaban J connectivity index is 0.649. The number of hydrogen-bond acceptors (Lipinski definition) is 0. The van der Waals surface area contributed by atoms with E-state index >= 15 is 0 Å². The van der Waals surface area contributed by atoms with Crippen LogP contribution in [0.5, 0.6) is 0 Å². The summed E-state index contributed by atoms with van der Waals surface area (Å²) in [5, 5.41) is 14.7. The molecule has 0 aliphatic rings. The fourth-order valence-electron chi connectivity index (χ4n) is 18.5. The molecule has 18 aromatic carbocycles. The molecule has 0 saturated heterocycles. The van der Waals surface area contributed by atoms with E-state index in [9.17, 15) is 0 Å². The summed E-state index contributed by atoms with van der Waals surface area (Å²) in [4.78, 5) is 0. The monoisotopic (exact) mass is 1410 g/mol. The van der Waals surface area contributed by atoms with Gasteiger partial charge >= 0.3 is 0 Å². The maximum absolute atomic E-state index is 2.53. The summed E-state index contributed by atoms with van der Waals surface area (Å²) < 4.78 is 12.4. The van der Waals surface area contributed by atoms with Crippen LogP contribution < -0.4 is 0 Å². The Bertz CT molecular complexity index is 7610. The topological polar surface area (TPSA) is 24.6 Å². The van der Waals surface area contributed by atoms with Gasteiger partial charge in [-0.1, -0.05) is 255 Å². The molecule has 516 valence electrons. The second-order valence-corrected chi connectivity index (χ2v) is 29.5. The molecule has 0 atom stereocenters. The van der Waals surface area contributed by atoms with Gasteiger partial charge in [-0.15, -0.1) is 0 Å². The van der Waals surface area contributed by atoms with E-state index in [0.717, 1.165) is 89.4 Å². The Morgan fingerprint density at radius 3 is 0.802 bits per heavy atom. The SMILES string of the molecule is c1ccc(-c2cc(-c3ccccc3)cc(-c3ccc(-n4c5ccccc5c5c6c7ccccc7n(-c7cc(-c8ccccc8)cc(-c8cccc(-c9cc(-n%10c%11ccccc%11c%11c%12c%13ccccc%13n(-c%13ccc(-n%14c%15ccccc%15c%15ccccc%15%14)cc%13)c%12ccc%11%10)c%10ccccc%10c9)c8)c7)c6ccc54)cc3)c2)cc1. The maximum atomic E-state index is 2.53. The predicted octanol–water partition coefficient (Wildman–Crippen LogP) is 28.3. The van der Waals surface area contributed by atoms with Gasteiger partial charge in [-0.3, -0.25) is 0 Å². The molecule has 5 heteroatoms. The average Bonchev–Trinajstić information content (AvgIpc) is 1.55. The number of nitrogens with zero attached hydrogens (tertiary/aromatic N) is 5. The average molecular weight is 1410 g/mol. The van der Waals surface area contributed by atoms with Crippen LogP contribution in [0, 0.1) is 0 Å². The van der Waals surface area contributed by atoms with Crippen molar-refractivity contribution in [3.63, 3.8) is 0 Å². The Morgan fingerprint density at radius 2 is 0.387 bits per heavy atom. The van der Waals surface area contributed by atoms with Crippen molar-refractivity contribution in [2.45, 2.75) is 0 Å². The highest BCUT2D eigenvalue weighted by Gasteiger charge is 2.26. The van der Waals surface area contributed by atoms with Crippen molar-refractivity contribution in [2.75, 3.05) is 0 Å². The van der Waals surface area contributed by atoms with Crippen LogP contribution in [0.2, 0.25) is 0 Å². The number of rotatable bonds is 11. The Hall–Kier alpha value is -14.8. The van der Waals surface area contributed by atoms with Gasteiger partial charge in [0.2, 0.25) is 0 Å². The second kappa shape index (κ2) is 24.9. The lowest BCUT2D eigenvalue weighted by Gasteiger charge is -2.16. The molecule has 23 rings (SSSR count). The third-order valence-corrected chi connectivity index (χ3v) is 23.4. The maximum Gasteiger partial charge on any atom is 0.0549 e. The first kappa shape index (κ1) is 62.4. The number of benzene rings is 18. The molecule has 0 N–H and O–H groups in total.